The van der Waals surface area contributed by atoms with Gasteiger partial charge in [0.1, 0.15) is 6.10 Å². The highest BCUT2D eigenvalue weighted by molar-refractivity contribution is 6.30. The summed E-state index contributed by atoms with van der Waals surface area (Å²) in [5.74, 6) is 0.305. The van der Waals surface area contributed by atoms with E-state index < -0.39 is 22.9 Å². The Hall–Kier alpha value is -2.22. The Balaban J connectivity index is 1.24. The van der Waals surface area contributed by atoms with Crippen LogP contribution in [0.15, 0.2) is 35.4 Å². The summed E-state index contributed by atoms with van der Waals surface area (Å²) >= 11 is 6.11. The molecule has 9 atom stereocenters. The van der Waals surface area contributed by atoms with Crippen molar-refractivity contribution in [3.63, 3.8) is 0 Å². The molecule has 0 radical (unpaired) electrons. The van der Waals surface area contributed by atoms with Crippen LogP contribution in [-0.4, -0.2) is 46.7 Å². The first-order valence-electron chi connectivity index (χ1n) is 20.4. The number of allylic oxidation sites excluding steroid dienone is 1. The molecule has 5 aliphatic rings. The molecule has 0 amide bonds. The predicted molar refractivity (Wildman–Crippen MR) is 209 cm³/mol. The van der Waals surface area contributed by atoms with E-state index in [2.05, 4.69) is 53.8 Å². The van der Waals surface area contributed by atoms with Crippen LogP contribution < -0.4 is 5.32 Å². The second kappa shape index (κ2) is 14.1. The third kappa shape index (κ3) is 6.75. The zero-order chi connectivity index (χ0) is 38.9. The molecule has 7 nitrogen and oxygen atoms in total. The SMILES string of the molecule is CC(C)C1=C2[C@H]3CCC4[C@@]5(C)CC[C@H](OC(=O)CC(C)(C)CC(=O)O)C(C)(C)C5CC[C@@]4(C)[C@]3(C)CC[C@@]2([C@H](O)CNCc2ccc(Cl)cc2)CC1=O. The molecular weight excluding hydrogens is 686 g/mol. The van der Waals surface area contributed by atoms with Crippen molar-refractivity contribution < 1.29 is 29.3 Å². The van der Waals surface area contributed by atoms with Crippen molar-refractivity contribution in [1.82, 2.24) is 5.32 Å². The number of hydrogen-bond acceptors (Lipinski definition) is 6. The molecule has 0 saturated heterocycles. The number of benzene rings is 1. The molecule has 0 bridgehead atoms. The third-order valence-electron chi connectivity index (χ3n) is 16.2. The van der Waals surface area contributed by atoms with Gasteiger partial charge >= 0.3 is 11.9 Å². The zero-order valence-electron chi connectivity index (χ0n) is 33.9. The van der Waals surface area contributed by atoms with Crippen molar-refractivity contribution in [3.05, 3.63) is 46.0 Å². The number of aliphatic hydroxyl groups excluding tert-OH is 1. The van der Waals surface area contributed by atoms with Crippen LogP contribution in [0.5, 0.6) is 0 Å². The van der Waals surface area contributed by atoms with Crippen LogP contribution in [0, 0.1) is 56.2 Å². The highest BCUT2D eigenvalue weighted by atomic mass is 35.5. The fourth-order valence-electron chi connectivity index (χ4n) is 13.5. The number of nitrogens with one attached hydrogen (secondary N) is 1. The maximum Gasteiger partial charge on any atom is 0.306 e. The number of aliphatic carboxylic acids is 1. The van der Waals surface area contributed by atoms with Gasteiger partial charge in [-0.2, -0.15) is 0 Å². The summed E-state index contributed by atoms with van der Waals surface area (Å²) in [6, 6.07) is 7.80. The number of esters is 1. The Kier molecular flexibility index (Phi) is 10.7. The lowest BCUT2D eigenvalue weighted by molar-refractivity contribution is -0.235. The minimum Gasteiger partial charge on any atom is -0.481 e. The molecule has 0 aromatic heterocycles. The van der Waals surface area contributed by atoms with Crippen molar-refractivity contribution in [2.24, 2.45) is 56.2 Å². The first-order chi connectivity index (χ1) is 24.6. The molecule has 8 heteroatoms. The summed E-state index contributed by atoms with van der Waals surface area (Å²) in [6.45, 7) is 21.3. The number of rotatable bonds is 11. The summed E-state index contributed by atoms with van der Waals surface area (Å²) < 4.78 is 6.26. The number of ether oxygens (including phenoxy) is 1. The van der Waals surface area contributed by atoms with Crippen molar-refractivity contribution in [2.45, 2.75) is 152 Å². The van der Waals surface area contributed by atoms with Gasteiger partial charge in [0.2, 0.25) is 0 Å². The molecule has 1 aromatic rings. The number of carbonyl (C=O) groups excluding carboxylic acids is 2. The fourth-order valence-corrected chi connectivity index (χ4v) is 13.6. The van der Waals surface area contributed by atoms with Crippen LogP contribution in [-0.2, 0) is 25.7 Å². The van der Waals surface area contributed by atoms with Gasteiger partial charge in [0, 0.05) is 35.4 Å². The van der Waals surface area contributed by atoms with Gasteiger partial charge in [-0.05, 0) is 120 Å². The van der Waals surface area contributed by atoms with Crippen LogP contribution in [0.1, 0.15) is 139 Å². The molecular formula is C45H66ClNO6. The minimum absolute atomic E-state index is 0.00682. The highest BCUT2D eigenvalue weighted by Gasteiger charge is 2.70. The van der Waals surface area contributed by atoms with E-state index in [0.29, 0.717) is 36.4 Å². The highest BCUT2D eigenvalue weighted by Crippen LogP contribution is 2.77. The Labute approximate surface area is 323 Å². The Morgan fingerprint density at radius 1 is 0.925 bits per heavy atom. The minimum atomic E-state index is -0.899. The molecule has 6 rings (SSSR count). The van der Waals surface area contributed by atoms with E-state index in [0.717, 1.165) is 62.5 Å². The Morgan fingerprint density at radius 2 is 1.60 bits per heavy atom. The van der Waals surface area contributed by atoms with Crippen molar-refractivity contribution in [3.8, 4) is 0 Å². The summed E-state index contributed by atoms with van der Waals surface area (Å²) in [5.41, 5.74) is 2.14. The molecule has 1 aromatic carbocycles. The lowest BCUT2D eigenvalue weighted by Crippen LogP contribution is -2.66. The summed E-state index contributed by atoms with van der Waals surface area (Å²) in [6.07, 6.45) is 7.51. The average Bonchev–Trinajstić information content (AvgIpc) is 3.36. The van der Waals surface area contributed by atoms with E-state index in [9.17, 15) is 24.6 Å². The van der Waals surface area contributed by atoms with Gasteiger partial charge in [-0.3, -0.25) is 14.4 Å². The number of carbonyl (C=O) groups is 3. The average molecular weight is 752 g/mol. The van der Waals surface area contributed by atoms with Crippen LogP contribution in [0.25, 0.3) is 0 Å². The van der Waals surface area contributed by atoms with Gasteiger partial charge in [0.05, 0.1) is 18.9 Å². The lowest BCUT2D eigenvalue weighted by Gasteiger charge is -2.72. The van der Waals surface area contributed by atoms with Crippen LogP contribution in [0.2, 0.25) is 5.02 Å². The smallest absolute Gasteiger partial charge is 0.306 e. The summed E-state index contributed by atoms with van der Waals surface area (Å²) in [7, 11) is 0. The lowest BCUT2D eigenvalue weighted by atomic mass is 9.33. The van der Waals surface area contributed by atoms with Gasteiger partial charge in [0.15, 0.2) is 5.78 Å². The van der Waals surface area contributed by atoms with E-state index in [1.807, 2.05) is 38.1 Å². The number of ketones is 1. The van der Waals surface area contributed by atoms with Crippen LogP contribution >= 0.6 is 11.6 Å². The molecule has 4 saturated carbocycles. The van der Waals surface area contributed by atoms with Crippen molar-refractivity contribution in [1.29, 1.82) is 0 Å². The van der Waals surface area contributed by atoms with Crippen molar-refractivity contribution >= 4 is 29.3 Å². The predicted octanol–water partition coefficient (Wildman–Crippen LogP) is 9.57. The number of aliphatic hydroxyl groups is 1. The largest absolute Gasteiger partial charge is 0.481 e. The maximum absolute atomic E-state index is 14.0. The van der Waals surface area contributed by atoms with Gasteiger partial charge in [-0.1, -0.05) is 91.6 Å². The number of Topliss-reactive ketones (excluding diaryl/α,β-unsaturated/α-hetero) is 1. The first-order valence-corrected chi connectivity index (χ1v) is 20.8. The van der Waals surface area contributed by atoms with Crippen LogP contribution in [0.4, 0.5) is 0 Å². The number of halogens is 1. The number of hydrogen-bond donors (Lipinski definition) is 3. The topological polar surface area (TPSA) is 113 Å². The molecule has 294 valence electrons. The van der Waals surface area contributed by atoms with Gasteiger partial charge in [0.25, 0.3) is 0 Å². The monoisotopic (exact) mass is 751 g/mol. The van der Waals surface area contributed by atoms with Crippen molar-refractivity contribution in [2.75, 3.05) is 6.54 Å². The molecule has 2 unspecified atom stereocenters. The summed E-state index contributed by atoms with van der Waals surface area (Å²) in [4.78, 5) is 38.7. The second-order valence-corrected chi connectivity index (χ2v) is 20.8. The van der Waals surface area contributed by atoms with E-state index in [-0.39, 0.29) is 64.2 Å². The molecule has 0 spiro atoms. The Bertz CT molecular complexity index is 1630. The number of carboxylic acid groups (broad SMARTS) is 1. The van der Waals surface area contributed by atoms with Gasteiger partial charge in [-0.25, -0.2) is 0 Å². The number of fused-ring (bicyclic) bond motifs is 7. The first kappa shape index (κ1) is 40.4. The van der Waals surface area contributed by atoms with Gasteiger partial charge in [-0.15, -0.1) is 0 Å². The number of carboxylic acids is 1. The normalized spacial score (nSPS) is 37.0. The van der Waals surface area contributed by atoms with E-state index in [1.54, 1.807) is 0 Å². The molecule has 0 aliphatic heterocycles. The zero-order valence-corrected chi connectivity index (χ0v) is 34.6. The second-order valence-electron chi connectivity index (χ2n) is 20.4. The third-order valence-corrected chi connectivity index (χ3v) is 16.4. The molecule has 3 N–H and O–H groups in total. The molecule has 53 heavy (non-hydrogen) atoms. The molecule has 5 aliphatic carbocycles. The van der Waals surface area contributed by atoms with Crippen LogP contribution in [0.3, 0.4) is 0 Å². The van der Waals surface area contributed by atoms with Gasteiger partial charge < -0.3 is 20.3 Å². The molecule has 0 heterocycles. The molecule has 4 fully saturated rings. The maximum atomic E-state index is 14.0. The standard InChI is InChI=1S/C45H66ClNO6/c1-27(2)38-31(48)22-45(34(49)26-47-25-28-10-12-29(46)13-11-28)21-20-43(8)30(39(38)45)14-15-33-42(7)18-17-35(41(5,6)32(42)16-19-44(33,43)9)53-37(52)24-40(3,4)23-36(50)51/h10-13,27,30,32-35,47,49H,14-26H2,1-9H3,(H,50,51)/t30-,32?,33?,34-,35+,42+,43-,44-,45+/m1/s1. The van der Waals surface area contributed by atoms with E-state index >= 15 is 0 Å². The quantitative estimate of drug-likeness (QED) is 0.193. The summed E-state index contributed by atoms with van der Waals surface area (Å²) in [5, 5.41) is 25.7. The fraction of sp³-hybridized carbons (Fsp3) is 0.756. The Morgan fingerprint density at radius 3 is 2.25 bits per heavy atom. The van der Waals surface area contributed by atoms with E-state index in [4.69, 9.17) is 16.3 Å². The van der Waals surface area contributed by atoms with E-state index in [1.165, 1.54) is 5.57 Å².